The molecule has 1 aromatic rings. The summed E-state index contributed by atoms with van der Waals surface area (Å²) in [6.07, 6.45) is 0.223. The van der Waals surface area contributed by atoms with Crippen LogP contribution in [0.1, 0.15) is 5.56 Å². The lowest BCUT2D eigenvalue weighted by atomic mass is 10.1. The van der Waals surface area contributed by atoms with Crippen molar-refractivity contribution in [2.24, 2.45) is 5.73 Å². The van der Waals surface area contributed by atoms with E-state index in [0.29, 0.717) is 0 Å². The number of benzene rings is 1. The second kappa shape index (κ2) is 5.66. The van der Waals surface area contributed by atoms with Gasteiger partial charge in [0.05, 0.1) is 0 Å². The first-order valence-corrected chi connectivity index (χ1v) is 4.42. The normalized spacial score (nSPS) is 11.6. The second-order valence-electron chi connectivity index (χ2n) is 3.00. The van der Waals surface area contributed by atoms with Gasteiger partial charge in [-0.15, -0.1) is 10.1 Å². The fourth-order valence-corrected chi connectivity index (χ4v) is 1.08. The Morgan fingerprint density at radius 3 is 2.62 bits per heavy atom. The van der Waals surface area contributed by atoms with Gasteiger partial charge in [0.2, 0.25) is 0 Å². The Labute approximate surface area is 90.8 Å². The van der Waals surface area contributed by atoms with E-state index in [1.807, 2.05) is 6.07 Å². The van der Waals surface area contributed by atoms with E-state index < -0.39 is 17.1 Å². The molecule has 0 bridgehead atoms. The molecule has 7 heteroatoms. The van der Waals surface area contributed by atoms with E-state index in [1.54, 1.807) is 24.3 Å². The Morgan fingerprint density at radius 1 is 1.44 bits per heavy atom. The zero-order valence-corrected chi connectivity index (χ0v) is 8.24. The Bertz CT molecular complexity index is 367. The van der Waals surface area contributed by atoms with Crippen molar-refractivity contribution in [3.63, 3.8) is 0 Å². The summed E-state index contributed by atoms with van der Waals surface area (Å²) in [7, 11) is 0. The lowest BCUT2D eigenvalue weighted by Gasteiger charge is -2.08. The van der Waals surface area contributed by atoms with Crippen molar-refractivity contribution in [2.75, 3.05) is 0 Å². The van der Waals surface area contributed by atoms with E-state index in [0.717, 1.165) is 5.56 Å². The highest BCUT2D eigenvalue weighted by Gasteiger charge is 2.17. The van der Waals surface area contributed by atoms with Crippen molar-refractivity contribution >= 4 is 5.97 Å². The van der Waals surface area contributed by atoms with Gasteiger partial charge in [-0.25, -0.2) is 4.79 Å². The van der Waals surface area contributed by atoms with E-state index in [2.05, 4.69) is 9.88 Å². The van der Waals surface area contributed by atoms with Crippen LogP contribution in [-0.4, -0.2) is 17.1 Å². The fourth-order valence-electron chi connectivity index (χ4n) is 1.08. The third kappa shape index (κ3) is 3.93. The molecule has 0 aliphatic carbocycles. The molecule has 0 heterocycles. The van der Waals surface area contributed by atoms with E-state index >= 15 is 0 Å². The molecule has 1 rings (SSSR count). The van der Waals surface area contributed by atoms with Gasteiger partial charge in [-0.05, 0) is 12.0 Å². The zero-order chi connectivity index (χ0) is 12.0. The highest BCUT2D eigenvalue weighted by atomic mass is 17.3. The average molecular weight is 226 g/mol. The maximum absolute atomic E-state index is 11.1. The minimum atomic E-state index is -1.23. The number of hydrogen-bond donors (Lipinski definition) is 1. The van der Waals surface area contributed by atoms with Crippen LogP contribution in [0.4, 0.5) is 0 Å². The lowest BCUT2D eigenvalue weighted by Crippen LogP contribution is -2.34. The summed E-state index contributed by atoms with van der Waals surface area (Å²) in [5.74, 6) is -0.986. The Kier molecular flexibility index (Phi) is 4.22. The molecular weight excluding hydrogens is 216 g/mol. The number of rotatable bonds is 5. The van der Waals surface area contributed by atoms with E-state index in [-0.39, 0.29) is 6.42 Å². The van der Waals surface area contributed by atoms with Crippen molar-refractivity contribution in [1.29, 1.82) is 0 Å². The summed E-state index contributed by atoms with van der Waals surface area (Å²) >= 11 is 0. The van der Waals surface area contributed by atoms with Gasteiger partial charge in [0.25, 0.3) is 0 Å². The predicted molar refractivity (Wildman–Crippen MR) is 52.3 cm³/mol. The van der Waals surface area contributed by atoms with Crippen LogP contribution in [0, 0.1) is 10.1 Å². The van der Waals surface area contributed by atoms with Crippen molar-refractivity contribution in [2.45, 2.75) is 12.5 Å². The Balaban J connectivity index is 2.43. The summed E-state index contributed by atoms with van der Waals surface area (Å²) in [5, 5.41) is 8.52. The summed E-state index contributed by atoms with van der Waals surface area (Å²) in [4.78, 5) is 28.2. The predicted octanol–water partition coefficient (Wildman–Crippen LogP) is 0.223. The van der Waals surface area contributed by atoms with Crippen molar-refractivity contribution in [3.8, 4) is 0 Å². The van der Waals surface area contributed by atoms with Crippen LogP contribution in [0.15, 0.2) is 30.3 Å². The van der Waals surface area contributed by atoms with Crippen molar-refractivity contribution < 1.29 is 19.8 Å². The highest BCUT2D eigenvalue weighted by molar-refractivity contribution is 5.75. The molecule has 0 aliphatic heterocycles. The van der Waals surface area contributed by atoms with E-state index in [9.17, 15) is 14.9 Å². The zero-order valence-electron chi connectivity index (χ0n) is 8.24. The van der Waals surface area contributed by atoms with Gasteiger partial charge >= 0.3 is 11.1 Å². The van der Waals surface area contributed by atoms with Gasteiger partial charge in [-0.2, -0.15) is 0 Å². The topological polar surface area (TPSA) is 105 Å². The molecule has 0 saturated heterocycles. The first-order valence-electron chi connectivity index (χ1n) is 4.42. The fraction of sp³-hybridized carbons (Fsp3) is 0.222. The van der Waals surface area contributed by atoms with Gasteiger partial charge in [-0.3, -0.25) is 4.89 Å². The maximum atomic E-state index is 11.1. The maximum Gasteiger partial charge on any atom is 0.360 e. The van der Waals surface area contributed by atoms with Gasteiger partial charge in [-0.1, -0.05) is 35.3 Å². The van der Waals surface area contributed by atoms with Gasteiger partial charge in [0.1, 0.15) is 6.04 Å². The lowest BCUT2D eigenvalue weighted by molar-refractivity contribution is -0.839. The molecule has 0 spiro atoms. The molecule has 2 N–H and O–H groups in total. The standard InChI is InChI=1S/C9H10N2O5/c10-8(9(12)15-16-11(13)14)6-7-4-2-1-3-5-7/h1-5,8H,6,10H2. The molecule has 16 heavy (non-hydrogen) atoms. The first-order chi connectivity index (χ1) is 7.59. The molecule has 0 radical (unpaired) electrons. The number of carbonyl (C=O) groups excluding carboxylic acids is 1. The number of nitrogens with two attached hydrogens (primary N) is 1. The molecule has 1 unspecified atom stereocenters. The molecule has 0 saturated carbocycles. The summed E-state index contributed by atoms with van der Waals surface area (Å²) in [6.45, 7) is 0. The molecule has 0 amide bonds. The number of carbonyl (C=O) groups is 1. The SMILES string of the molecule is NC(Cc1ccccc1)C(=O)OO[N+](=O)[O-]. The number of hydrogen-bond acceptors (Lipinski definition) is 6. The number of nitrogens with zero attached hydrogens (tertiary/aromatic N) is 1. The Hall–Kier alpha value is -2.15. The monoisotopic (exact) mass is 226 g/mol. The van der Waals surface area contributed by atoms with Crippen LogP contribution in [0.25, 0.3) is 0 Å². The van der Waals surface area contributed by atoms with Gasteiger partial charge in [0, 0.05) is 0 Å². The largest absolute Gasteiger partial charge is 0.360 e. The van der Waals surface area contributed by atoms with Gasteiger partial charge in [0.15, 0.2) is 0 Å². The molecule has 1 atom stereocenters. The van der Waals surface area contributed by atoms with Crippen molar-refractivity contribution in [1.82, 2.24) is 0 Å². The molecule has 1 aromatic carbocycles. The summed E-state index contributed by atoms with van der Waals surface area (Å²) in [6, 6.07) is 7.97. The first kappa shape index (κ1) is 11.9. The molecule has 0 aromatic heterocycles. The summed E-state index contributed by atoms with van der Waals surface area (Å²) in [5.41, 5.74) is 6.29. The molecule has 0 fully saturated rings. The molecular formula is C9H10N2O5. The summed E-state index contributed by atoms with van der Waals surface area (Å²) < 4.78 is 0. The second-order valence-corrected chi connectivity index (χ2v) is 3.00. The van der Waals surface area contributed by atoms with E-state index in [4.69, 9.17) is 5.73 Å². The van der Waals surface area contributed by atoms with Crippen LogP contribution in [0.2, 0.25) is 0 Å². The van der Waals surface area contributed by atoms with Gasteiger partial charge < -0.3 is 5.73 Å². The van der Waals surface area contributed by atoms with Crippen LogP contribution in [0.5, 0.6) is 0 Å². The highest BCUT2D eigenvalue weighted by Crippen LogP contribution is 2.03. The van der Waals surface area contributed by atoms with Crippen LogP contribution >= 0.6 is 0 Å². The van der Waals surface area contributed by atoms with Crippen LogP contribution < -0.4 is 5.73 Å². The smallest absolute Gasteiger partial charge is 0.318 e. The Morgan fingerprint density at radius 2 is 2.06 bits per heavy atom. The molecule has 0 aliphatic rings. The third-order valence-electron chi connectivity index (χ3n) is 1.78. The van der Waals surface area contributed by atoms with Crippen LogP contribution in [-0.2, 0) is 21.1 Å². The minimum Gasteiger partial charge on any atom is -0.318 e. The average Bonchev–Trinajstić information content (AvgIpc) is 2.27. The van der Waals surface area contributed by atoms with E-state index in [1.165, 1.54) is 0 Å². The third-order valence-corrected chi connectivity index (χ3v) is 1.78. The molecule has 7 nitrogen and oxygen atoms in total. The minimum absolute atomic E-state index is 0.223. The van der Waals surface area contributed by atoms with Crippen LogP contribution in [0.3, 0.4) is 0 Å². The molecule has 86 valence electrons. The quantitative estimate of drug-likeness (QED) is 0.437. The van der Waals surface area contributed by atoms with Crippen molar-refractivity contribution in [3.05, 3.63) is 46.0 Å².